The number of amides is 1. The number of aromatic hydroxyl groups is 1. The van der Waals surface area contributed by atoms with Crippen molar-refractivity contribution in [1.29, 1.82) is 0 Å². The van der Waals surface area contributed by atoms with Crippen LogP contribution in [0.4, 0.5) is 0 Å². The monoisotopic (exact) mass is 568 g/mol. The van der Waals surface area contributed by atoms with Gasteiger partial charge in [-0.2, -0.15) is 0 Å². The largest absolute Gasteiger partial charge is 0.504 e. The van der Waals surface area contributed by atoms with Crippen molar-refractivity contribution in [2.24, 2.45) is 5.92 Å². The molecule has 2 unspecified atom stereocenters. The number of hydrogen-bond acceptors (Lipinski definition) is 6. The van der Waals surface area contributed by atoms with E-state index in [4.69, 9.17) is 9.15 Å². The van der Waals surface area contributed by atoms with E-state index in [2.05, 4.69) is 43.0 Å². The third-order valence-electron chi connectivity index (χ3n) is 10.3. The second-order valence-corrected chi connectivity index (χ2v) is 13.0. The second kappa shape index (κ2) is 10.3. The van der Waals surface area contributed by atoms with E-state index in [9.17, 15) is 15.0 Å². The summed E-state index contributed by atoms with van der Waals surface area (Å²) in [6.45, 7) is 6.52. The van der Waals surface area contributed by atoms with E-state index in [1.165, 1.54) is 5.56 Å². The van der Waals surface area contributed by atoms with Crippen molar-refractivity contribution in [3.63, 3.8) is 0 Å². The van der Waals surface area contributed by atoms with Gasteiger partial charge in [-0.15, -0.1) is 0 Å². The molecule has 2 aliphatic carbocycles. The fourth-order valence-electron chi connectivity index (χ4n) is 8.52. The van der Waals surface area contributed by atoms with Crippen LogP contribution in [0.1, 0.15) is 55.4 Å². The maximum absolute atomic E-state index is 13.8. The molecule has 1 amide bonds. The van der Waals surface area contributed by atoms with Gasteiger partial charge in [0.1, 0.15) is 6.10 Å². The lowest BCUT2D eigenvalue weighted by molar-refractivity contribution is -0.201. The summed E-state index contributed by atoms with van der Waals surface area (Å²) >= 11 is 0. The van der Waals surface area contributed by atoms with Crippen LogP contribution < -0.4 is 4.74 Å². The normalized spacial score (nSPS) is 29.5. The molecule has 2 aromatic carbocycles. The lowest BCUT2D eigenvalue weighted by Crippen LogP contribution is -2.78. The van der Waals surface area contributed by atoms with E-state index >= 15 is 0 Å². The second-order valence-electron chi connectivity index (χ2n) is 13.0. The fraction of sp³-hybridized carbons (Fsp3) is 0.457. The minimum absolute atomic E-state index is 0.0553. The Balaban J connectivity index is 1.26. The fourth-order valence-corrected chi connectivity index (χ4v) is 8.52. The van der Waals surface area contributed by atoms with Crippen molar-refractivity contribution < 1.29 is 24.2 Å². The first kappa shape index (κ1) is 27.3. The van der Waals surface area contributed by atoms with Gasteiger partial charge in [0.2, 0.25) is 5.91 Å². The zero-order valence-electron chi connectivity index (χ0n) is 24.4. The molecule has 2 N–H and O–H groups in total. The smallest absolute Gasteiger partial charge is 0.246 e. The van der Waals surface area contributed by atoms with Gasteiger partial charge in [0.05, 0.1) is 29.6 Å². The van der Waals surface area contributed by atoms with Gasteiger partial charge in [-0.1, -0.05) is 50.2 Å². The van der Waals surface area contributed by atoms with E-state index in [1.54, 1.807) is 30.7 Å². The number of rotatable bonds is 8. The molecule has 4 aliphatic rings. The number of benzene rings is 2. The molecule has 3 heterocycles. The number of furan rings is 1. The lowest BCUT2D eigenvalue weighted by Gasteiger charge is -2.65. The zero-order valence-corrected chi connectivity index (χ0v) is 24.4. The standard InChI is InChI=1S/C35H40N2O5/c1-23(2)21-37(30(39)11-8-25-14-19-41-22-25)27-12-15-35(40)29-20-26-9-10-28(38)32-31(26)34(35,33(27)42-32)16-18-36(29)17-13-24-6-4-3-5-7-24/h3-11,14,19,22-23,27,29,33,38,40H,12-13,15-18,20-21H2,1-2H3/b11-8+/t27?,29-,33?,34+,35-/m1/s1. The van der Waals surface area contributed by atoms with Crippen LogP contribution in [0.2, 0.25) is 0 Å². The van der Waals surface area contributed by atoms with Gasteiger partial charge in [-0.05, 0) is 73.9 Å². The molecular formula is C35H40N2O5. The predicted octanol–water partition coefficient (Wildman–Crippen LogP) is 4.95. The molecule has 7 heteroatoms. The molecule has 2 aliphatic heterocycles. The van der Waals surface area contributed by atoms with Gasteiger partial charge in [-0.25, -0.2) is 0 Å². The molecule has 1 saturated heterocycles. The van der Waals surface area contributed by atoms with Crippen LogP contribution in [-0.4, -0.2) is 69.3 Å². The van der Waals surface area contributed by atoms with E-state index in [1.807, 2.05) is 23.1 Å². The van der Waals surface area contributed by atoms with Crippen LogP contribution in [0.3, 0.4) is 0 Å². The average Bonchev–Trinajstić information content (AvgIpc) is 3.62. The first-order valence-corrected chi connectivity index (χ1v) is 15.3. The molecule has 7 rings (SSSR count). The van der Waals surface area contributed by atoms with Gasteiger partial charge in [0.25, 0.3) is 0 Å². The van der Waals surface area contributed by atoms with Gasteiger partial charge in [0, 0.05) is 36.3 Å². The third-order valence-corrected chi connectivity index (χ3v) is 10.3. The summed E-state index contributed by atoms with van der Waals surface area (Å²) in [4.78, 5) is 18.3. The summed E-state index contributed by atoms with van der Waals surface area (Å²) in [6, 6.07) is 15.8. The molecule has 2 fully saturated rings. The maximum Gasteiger partial charge on any atom is 0.246 e. The maximum atomic E-state index is 13.8. The number of nitrogens with zero attached hydrogens (tertiary/aromatic N) is 2. The Labute approximate surface area is 247 Å². The number of phenols is 1. The predicted molar refractivity (Wildman–Crippen MR) is 160 cm³/mol. The van der Waals surface area contributed by atoms with Gasteiger partial charge < -0.3 is 24.3 Å². The average molecular weight is 569 g/mol. The molecule has 1 spiro atoms. The van der Waals surface area contributed by atoms with Crippen molar-refractivity contribution in [2.75, 3.05) is 19.6 Å². The lowest BCUT2D eigenvalue weighted by atomic mass is 9.48. The van der Waals surface area contributed by atoms with Crippen molar-refractivity contribution in [1.82, 2.24) is 9.80 Å². The first-order valence-electron chi connectivity index (χ1n) is 15.3. The van der Waals surface area contributed by atoms with Crippen LogP contribution in [0.25, 0.3) is 6.08 Å². The Hall–Kier alpha value is -3.55. The summed E-state index contributed by atoms with van der Waals surface area (Å²) in [5.74, 6) is 0.796. The highest BCUT2D eigenvalue weighted by molar-refractivity contribution is 5.92. The Bertz CT molecular complexity index is 1480. The third kappa shape index (κ3) is 4.12. The Kier molecular flexibility index (Phi) is 6.70. The highest BCUT2D eigenvalue weighted by Crippen LogP contribution is 2.65. The highest BCUT2D eigenvalue weighted by atomic mass is 16.5. The van der Waals surface area contributed by atoms with Gasteiger partial charge in [-0.3, -0.25) is 9.69 Å². The van der Waals surface area contributed by atoms with Crippen LogP contribution in [-0.2, 0) is 23.1 Å². The summed E-state index contributed by atoms with van der Waals surface area (Å²) in [6.07, 6.45) is 9.74. The summed E-state index contributed by atoms with van der Waals surface area (Å²) in [5, 5.41) is 23.9. The minimum Gasteiger partial charge on any atom is -0.504 e. The SMILES string of the molecule is CC(C)CN(C(=O)/C=C/c1ccoc1)C1CC[C@@]2(O)[C@H]3Cc4ccc(O)c5c4[C@@]2(CCN3CCc2ccccc2)C1O5. The molecule has 42 heavy (non-hydrogen) atoms. The quantitative estimate of drug-likeness (QED) is 0.374. The Morgan fingerprint density at radius 3 is 2.76 bits per heavy atom. The molecule has 1 saturated carbocycles. The number of phenolic OH excluding ortho intramolecular Hbond substituents is 1. The number of carbonyl (C=O) groups excluding carboxylic acids is 1. The molecule has 0 radical (unpaired) electrons. The number of carbonyl (C=O) groups is 1. The molecule has 2 bridgehead atoms. The molecular weight excluding hydrogens is 528 g/mol. The number of aliphatic hydroxyl groups is 1. The van der Waals surface area contributed by atoms with E-state index in [0.717, 1.165) is 42.6 Å². The molecule has 7 nitrogen and oxygen atoms in total. The zero-order chi connectivity index (χ0) is 29.1. The van der Waals surface area contributed by atoms with E-state index < -0.39 is 17.1 Å². The summed E-state index contributed by atoms with van der Waals surface area (Å²) < 4.78 is 11.9. The first-order chi connectivity index (χ1) is 20.3. The van der Waals surface area contributed by atoms with E-state index in [0.29, 0.717) is 31.6 Å². The minimum atomic E-state index is -1.02. The van der Waals surface area contributed by atoms with Crippen LogP contribution >= 0.6 is 0 Å². The molecule has 220 valence electrons. The van der Waals surface area contributed by atoms with Gasteiger partial charge in [0.15, 0.2) is 11.5 Å². The van der Waals surface area contributed by atoms with Crippen LogP contribution in [0, 0.1) is 5.92 Å². The summed E-state index contributed by atoms with van der Waals surface area (Å²) in [7, 11) is 0. The highest BCUT2D eigenvalue weighted by Gasteiger charge is 2.73. The number of likely N-dealkylation sites (tertiary alicyclic amines) is 1. The van der Waals surface area contributed by atoms with Crippen molar-refractivity contribution in [3.8, 4) is 11.5 Å². The van der Waals surface area contributed by atoms with Crippen LogP contribution in [0.5, 0.6) is 11.5 Å². The van der Waals surface area contributed by atoms with Crippen molar-refractivity contribution in [2.45, 2.75) is 75.2 Å². The Morgan fingerprint density at radius 1 is 1.17 bits per heavy atom. The number of hydrogen-bond donors (Lipinski definition) is 2. The molecule has 5 atom stereocenters. The van der Waals surface area contributed by atoms with Crippen molar-refractivity contribution in [3.05, 3.63) is 89.4 Å². The Morgan fingerprint density at radius 2 is 2.00 bits per heavy atom. The number of piperidine rings is 1. The van der Waals surface area contributed by atoms with Gasteiger partial charge >= 0.3 is 0 Å². The number of ether oxygens (including phenoxy) is 1. The molecule has 1 aromatic heterocycles. The topological polar surface area (TPSA) is 86.4 Å². The van der Waals surface area contributed by atoms with E-state index in [-0.39, 0.29) is 29.7 Å². The summed E-state index contributed by atoms with van der Waals surface area (Å²) in [5.41, 5.74) is 2.55. The molecule has 3 aromatic rings. The van der Waals surface area contributed by atoms with Crippen molar-refractivity contribution >= 4 is 12.0 Å². The van der Waals surface area contributed by atoms with Crippen LogP contribution in [0.15, 0.2) is 71.6 Å².